The van der Waals surface area contributed by atoms with Gasteiger partial charge in [0.1, 0.15) is 0 Å². The predicted molar refractivity (Wildman–Crippen MR) is 70.4 cm³/mol. The Morgan fingerprint density at radius 2 is 2.24 bits per heavy atom. The van der Waals surface area contributed by atoms with Crippen molar-refractivity contribution in [3.63, 3.8) is 0 Å². The van der Waals surface area contributed by atoms with Gasteiger partial charge in [-0.1, -0.05) is 17.7 Å². The van der Waals surface area contributed by atoms with Gasteiger partial charge in [-0.3, -0.25) is 4.79 Å². The van der Waals surface area contributed by atoms with E-state index in [0.29, 0.717) is 11.6 Å². The lowest BCUT2D eigenvalue weighted by molar-refractivity contribution is -0.115. The van der Waals surface area contributed by atoms with Crippen molar-refractivity contribution in [2.45, 2.75) is 19.8 Å². The molecule has 0 bridgehead atoms. The predicted octanol–water partition coefficient (Wildman–Crippen LogP) is 2.59. The monoisotopic (exact) mass is 252 g/mol. The third-order valence-corrected chi connectivity index (χ3v) is 3.37. The minimum absolute atomic E-state index is 0.0176. The normalized spacial score (nSPS) is 14.7. The maximum absolute atomic E-state index is 11.7. The smallest absolute Gasteiger partial charge is 0.238 e. The van der Waals surface area contributed by atoms with E-state index in [-0.39, 0.29) is 5.91 Å². The molecular weight excluding hydrogens is 236 g/mol. The Morgan fingerprint density at radius 3 is 2.94 bits per heavy atom. The molecule has 0 unspecified atom stereocenters. The summed E-state index contributed by atoms with van der Waals surface area (Å²) in [6, 6.07) is 5.51. The van der Waals surface area contributed by atoms with Gasteiger partial charge in [0.05, 0.1) is 6.54 Å². The molecule has 0 radical (unpaired) electrons. The van der Waals surface area contributed by atoms with Crippen LogP contribution in [0.3, 0.4) is 0 Å². The number of amides is 1. The highest BCUT2D eigenvalue weighted by atomic mass is 35.5. The van der Waals surface area contributed by atoms with E-state index in [1.54, 1.807) is 0 Å². The van der Waals surface area contributed by atoms with Crippen molar-refractivity contribution in [1.29, 1.82) is 0 Å². The quantitative estimate of drug-likeness (QED) is 0.846. The van der Waals surface area contributed by atoms with Crippen LogP contribution >= 0.6 is 11.6 Å². The minimum atomic E-state index is -0.0176. The van der Waals surface area contributed by atoms with Crippen LogP contribution in [0.25, 0.3) is 0 Å². The molecule has 4 heteroatoms. The topological polar surface area (TPSA) is 41.1 Å². The maximum atomic E-state index is 11.7. The van der Waals surface area contributed by atoms with E-state index in [9.17, 15) is 4.79 Å². The zero-order valence-electron chi connectivity index (χ0n) is 9.92. The van der Waals surface area contributed by atoms with Crippen molar-refractivity contribution in [2.75, 3.05) is 18.4 Å². The molecule has 17 heavy (non-hydrogen) atoms. The van der Waals surface area contributed by atoms with Crippen LogP contribution in [0, 0.1) is 12.8 Å². The van der Waals surface area contributed by atoms with Crippen LogP contribution in [0.15, 0.2) is 18.2 Å². The second-order valence-corrected chi connectivity index (χ2v) is 4.94. The summed E-state index contributed by atoms with van der Waals surface area (Å²) in [6.07, 6.45) is 2.59. The first kappa shape index (κ1) is 12.4. The lowest BCUT2D eigenvalue weighted by Gasteiger charge is -2.09. The van der Waals surface area contributed by atoms with E-state index in [1.165, 1.54) is 12.8 Å². The molecule has 0 aromatic heterocycles. The number of hydrogen-bond acceptors (Lipinski definition) is 2. The fourth-order valence-corrected chi connectivity index (χ4v) is 1.82. The largest absolute Gasteiger partial charge is 0.325 e. The molecule has 0 spiro atoms. The van der Waals surface area contributed by atoms with Gasteiger partial charge in [-0.25, -0.2) is 0 Å². The molecule has 1 saturated carbocycles. The van der Waals surface area contributed by atoms with Gasteiger partial charge >= 0.3 is 0 Å². The number of benzene rings is 1. The molecule has 1 fully saturated rings. The summed E-state index contributed by atoms with van der Waals surface area (Å²) in [5, 5.41) is 6.69. The third kappa shape index (κ3) is 3.72. The number of anilines is 1. The Hall–Kier alpha value is -1.06. The molecule has 1 amide bonds. The molecule has 3 nitrogen and oxygen atoms in total. The Labute approximate surface area is 107 Å². The number of halogens is 1. The lowest BCUT2D eigenvalue weighted by atomic mass is 10.2. The molecule has 0 atom stereocenters. The molecular formula is C13H17ClN2O. The standard InChI is InChI=1S/C13H17ClN2O/c1-9-11(14)3-2-4-12(9)16-13(17)8-15-7-10-5-6-10/h2-4,10,15H,5-8H2,1H3,(H,16,17). The SMILES string of the molecule is Cc1c(Cl)cccc1NC(=O)CNCC1CC1. The van der Waals surface area contributed by atoms with E-state index in [1.807, 2.05) is 25.1 Å². The molecule has 1 aliphatic carbocycles. The van der Waals surface area contributed by atoms with Gasteiger partial charge in [0.2, 0.25) is 5.91 Å². The molecule has 0 heterocycles. The molecule has 2 rings (SSSR count). The van der Waals surface area contributed by atoms with Gasteiger partial charge in [-0.2, -0.15) is 0 Å². The Balaban J connectivity index is 1.82. The van der Waals surface area contributed by atoms with Crippen molar-refractivity contribution in [2.24, 2.45) is 5.92 Å². The number of carbonyl (C=O) groups is 1. The summed E-state index contributed by atoms with van der Waals surface area (Å²) < 4.78 is 0. The van der Waals surface area contributed by atoms with Gasteiger partial charge in [0.15, 0.2) is 0 Å². The molecule has 2 N–H and O–H groups in total. The third-order valence-electron chi connectivity index (χ3n) is 2.96. The zero-order valence-corrected chi connectivity index (χ0v) is 10.7. The van der Waals surface area contributed by atoms with Gasteiger partial charge in [0, 0.05) is 10.7 Å². The zero-order chi connectivity index (χ0) is 12.3. The van der Waals surface area contributed by atoms with E-state index in [0.717, 1.165) is 23.7 Å². The van der Waals surface area contributed by atoms with Crippen LogP contribution in [0.2, 0.25) is 5.02 Å². The number of carbonyl (C=O) groups excluding carboxylic acids is 1. The first-order valence-corrected chi connectivity index (χ1v) is 6.30. The summed E-state index contributed by atoms with van der Waals surface area (Å²) in [4.78, 5) is 11.7. The molecule has 1 aliphatic rings. The highest BCUT2D eigenvalue weighted by molar-refractivity contribution is 6.31. The summed E-state index contributed by atoms with van der Waals surface area (Å²) in [6.45, 7) is 3.21. The van der Waals surface area contributed by atoms with Gasteiger partial charge in [-0.05, 0) is 49.9 Å². The van der Waals surface area contributed by atoms with Crippen LogP contribution in [0.5, 0.6) is 0 Å². The van der Waals surface area contributed by atoms with Crippen molar-refractivity contribution < 1.29 is 4.79 Å². The van der Waals surface area contributed by atoms with Crippen LogP contribution < -0.4 is 10.6 Å². The Bertz CT molecular complexity index is 416. The van der Waals surface area contributed by atoms with Crippen molar-refractivity contribution in [1.82, 2.24) is 5.32 Å². The Kier molecular flexibility index (Phi) is 4.02. The van der Waals surface area contributed by atoms with Crippen LogP contribution in [0.4, 0.5) is 5.69 Å². The molecule has 1 aromatic carbocycles. The number of hydrogen-bond donors (Lipinski definition) is 2. The van der Waals surface area contributed by atoms with Crippen molar-refractivity contribution in [3.05, 3.63) is 28.8 Å². The lowest BCUT2D eigenvalue weighted by Crippen LogP contribution is -2.29. The summed E-state index contributed by atoms with van der Waals surface area (Å²) in [7, 11) is 0. The van der Waals surface area contributed by atoms with Crippen LogP contribution in [-0.4, -0.2) is 19.0 Å². The second-order valence-electron chi connectivity index (χ2n) is 4.53. The first-order valence-electron chi connectivity index (χ1n) is 5.92. The molecule has 0 aliphatic heterocycles. The fraction of sp³-hybridized carbons (Fsp3) is 0.462. The summed E-state index contributed by atoms with van der Waals surface area (Å²) in [5.74, 6) is 0.770. The van der Waals surface area contributed by atoms with Gasteiger partial charge in [-0.15, -0.1) is 0 Å². The number of nitrogens with one attached hydrogen (secondary N) is 2. The average molecular weight is 253 g/mol. The second kappa shape index (κ2) is 5.52. The maximum Gasteiger partial charge on any atom is 0.238 e. The van der Waals surface area contributed by atoms with Crippen LogP contribution in [-0.2, 0) is 4.79 Å². The summed E-state index contributed by atoms with van der Waals surface area (Å²) >= 11 is 5.98. The van der Waals surface area contributed by atoms with E-state index in [4.69, 9.17) is 11.6 Å². The van der Waals surface area contributed by atoms with E-state index >= 15 is 0 Å². The van der Waals surface area contributed by atoms with Crippen molar-refractivity contribution >= 4 is 23.2 Å². The Morgan fingerprint density at radius 1 is 1.47 bits per heavy atom. The molecule has 0 saturated heterocycles. The highest BCUT2D eigenvalue weighted by Crippen LogP contribution is 2.27. The first-order chi connectivity index (χ1) is 8.16. The summed E-state index contributed by atoms with van der Waals surface area (Å²) in [5.41, 5.74) is 1.69. The molecule has 92 valence electrons. The van der Waals surface area contributed by atoms with Gasteiger partial charge in [0.25, 0.3) is 0 Å². The number of rotatable bonds is 5. The highest BCUT2D eigenvalue weighted by Gasteiger charge is 2.20. The van der Waals surface area contributed by atoms with E-state index < -0.39 is 0 Å². The van der Waals surface area contributed by atoms with Crippen LogP contribution in [0.1, 0.15) is 18.4 Å². The van der Waals surface area contributed by atoms with E-state index in [2.05, 4.69) is 10.6 Å². The molecule has 1 aromatic rings. The minimum Gasteiger partial charge on any atom is -0.325 e. The average Bonchev–Trinajstić information content (AvgIpc) is 3.09. The van der Waals surface area contributed by atoms with Crippen molar-refractivity contribution in [3.8, 4) is 0 Å². The fourth-order valence-electron chi connectivity index (χ4n) is 1.65. The van der Waals surface area contributed by atoms with Gasteiger partial charge < -0.3 is 10.6 Å².